The predicted molar refractivity (Wildman–Crippen MR) is 90.9 cm³/mol. The van der Waals surface area contributed by atoms with E-state index < -0.39 is 0 Å². The molecule has 8 nitrogen and oxygen atoms in total. The molecule has 3 rings (SSSR count). The molecule has 1 fully saturated rings. The van der Waals surface area contributed by atoms with Crippen LogP contribution in [0, 0.1) is 0 Å². The maximum atomic E-state index is 12.5. The van der Waals surface area contributed by atoms with E-state index in [1.807, 2.05) is 21.8 Å². The third-order valence-electron chi connectivity index (χ3n) is 4.43. The van der Waals surface area contributed by atoms with E-state index in [9.17, 15) is 4.79 Å². The van der Waals surface area contributed by atoms with Gasteiger partial charge in [-0.25, -0.2) is 4.79 Å². The van der Waals surface area contributed by atoms with Gasteiger partial charge in [-0.2, -0.15) is 5.10 Å². The summed E-state index contributed by atoms with van der Waals surface area (Å²) in [4.78, 5) is 14.4. The second kappa shape index (κ2) is 7.02. The highest BCUT2D eigenvalue weighted by molar-refractivity contribution is 5.88. The Balaban J connectivity index is 1.64. The number of likely N-dealkylation sites (tertiary alicyclic amines) is 1. The first-order valence-corrected chi connectivity index (χ1v) is 8.57. The van der Waals surface area contributed by atoms with Crippen LogP contribution in [0.25, 0.3) is 0 Å². The Kier molecular flexibility index (Phi) is 4.82. The number of hydrogen-bond acceptors (Lipinski definition) is 4. The first-order valence-electron chi connectivity index (χ1n) is 8.57. The van der Waals surface area contributed by atoms with Gasteiger partial charge in [0.2, 0.25) is 0 Å². The molecule has 3 heterocycles. The summed E-state index contributed by atoms with van der Waals surface area (Å²) in [7, 11) is 0. The van der Waals surface area contributed by atoms with Crippen molar-refractivity contribution < 1.29 is 4.79 Å². The van der Waals surface area contributed by atoms with E-state index in [-0.39, 0.29) is 18.0 Å². The van der Waals surface area contributed by atoms with Gasteiger partial charge in [-0.1, -0.05) is 0 Å². The fourth-order valence-electron chi connectivity index (χ4n) is 3.08. The smallest absolute Gasteiger partial charge is 0.323 e. The predicted octanol–water partition coefficient (Wildman–Crippen LogP) is 2.49. The second-order valence-electron chi connectivity index (χ2n) is 6.47. The van der Waals surface area contributed by atoms with Crippen LogP contribution in [-0.4, -0.2) is 48.6 Å². The molecule has 1 saturated heterocycles. The van der Waals surface area contributed by atoms with Crippen LogP contribution < -0.4 is 5.32 Å². The van der Waals surface area contributed by atoms with E-state index in [4.69, 9.17) is 0 Å². The molecule has 2 amide bonds. The van der Waals surface area contributed by atoms with Gasteiger partial charge in [0, 0.05) is 43.9 Å². The average molecular weight is 331 g/mol. The molecule has 2 aromatic heterocycles. The molecule has 0 aliphatic carbocycles. The van der Waals surface area contributed by atoms with Crippen LogP contribution >= 0.6 is 0 Å². The van der Waals surface area contributed by atoms with Gasteiger partial charge in [-0.15, -0.1) is 10.2 Å². The van der Waals surface area contributed by atoms with Crippen LogP contribution in [-0.2, 0) is 6.54 Å². The number of nitrogens with one attached hydrogen (secondary N) is 1. The zero-order valence-corrected chi connectivity index (χ0v) is 14.5. The SMILES string of the molecule is CCn1cnnc1C1CCCN(C(=O)Nc2ccn(C(C)C)n2)C1. The summed E-state index contributed by atoms with van der Waals surface area (Å²) in [6.45, 7) is 8.45. The Hall–Kier alpha value is -2.38. The number of hydrogen-bond donors (Lipinski definition) is 1. The minimum absolute atomic E-state index is 0.101. The lowest BCUT2D eigenvalue weighted by atomic mass is 9.97. The van der Waals surface area contributed by atoms with Crippen LogP contribution in [0.4, 0.5) is 10.6 Å². The van der Waals surface area contributed by atoms with Crippen molar-refractivity contribution in [2.45, 2.75) is 52.1 Å². The molecular formula is C16H25N7O. The molecule has 0 spiro atoms. The van der Waals surface area contributed by atoms with Gasteiger partial charge in [-0.05, 0) is 33.6 Å². The zero-order valence-electron chi connectivity index (χ0n) is 14.5. The largest absolute Gasteiger partial charge is 0.324 e. The summed E-state index contributed by atoms with van der Waals surface area (Å²) in [5.74, 6) is 1.80. The molecule has 0 bridgehead atoms. The highest BCUT2D eigenvalue weighted by Crippen LogP contribution is 2.25. The minimum atomic E-state index is -0.101. The highest BCUT2D eigenvalue weighted by Gasteiger charge is 2.28. The summed E-state index contributed by atoms with van der Waals surface area (Å²) in [6, 6.07) is 2.00. The van der Waals surface area contributed by atoms with Crippen molar-refractivity contribution in [1.29, 1.82) is 0 Å². The fourth-order valence-corrected chi connectivity index (χ4v) is 3.08. The van der Waals surface area contributed by atoms with E-state index >= 15 is 0 Å². The number of aromatic nitrogens is 5. The molecule has 24 heavy (non-hydrogen) atoms. The van der Waals surface area contributed by atoms with E-state index in [1.165, 1.54) is 0 Å². The minimum Gasteiger partial charge on any atom is -0.324 e. The fraction of sp³-hybridized carbons (Fsp3) is 0.625. The number of amides is 2. The molecule has 0 aromatic carbocycles. The van der Waals surface area contributed by atoms with Gasteiger partial charge in [0.05, 0.1) is 0 Å². The van der Waals surface area contributed by atoms with E-state index in [1.54, 1.807) is 6.33 Å². The monoisotopic (exact) mass is 331 g/mol. The molecule has 130 valence electrons. The summed E-state index contributed by atoms with van der Waals surface area (Å²) >= 11 is 0. The van der Waals surface area contributed by atoms with Crippen molar-refractivity contribution in [3.63, 3.8) is 0 Å². The number of anilines is 1. The molecule has 0 radical (unpaired) electrons. The number of piperidine rings is 1. The Bertz CT molecular complexity index is 690. The van der Waals surface area contributed by atoms with Gasteiger partial charge >= 0.3 is 6.03 Å². The number of urea groups is 1. The quantitative estimate of drug-likeness (QED) is 0.933. The molecule has 2 aromatic rings. The van der Waals surface area contributed by atoms with Crippen LogP contribution in [0.5, 0.6) is 0 Å². The third kappa shape index (κ3) is 3.42. The number of nitrogens with zero attached hydrogens (tertiary/aromatic N) is 6. The van der Waals surface area contributed by atoms with Crippen molar-refractivity contribution in [3.8, 4) is 0 Å². The average Bonchev–Trinajstić information content (AvgIpc) is 3.23. The molecule has 1 aliphatic rings. The summed E-state index contributed by atoms with van der Waals surface area (Å²) in [6.07, 6.45) is 5.63. The van der Waals surface area contributed by atoms with Crippen LogP contribution in [0.1, 0.15) is 51.4 Å². The second-order valence-corrected chi connectivity index (χ2v) is 6.47. The molecular weight excluding hydrogens is 306 g/mol. The molecule has 1 atom stereocenters. The summed E-state index contributed by atoms with van der Waals surface area (Å²) in [5.41, 5.74) is 0. The molecule has 1 unspecified atom stereocenters. The standard InChI is InChI=1S/C16H25N7O/c1-4-21-11-17-19-15(21)13-6-5-8-22(10-13)16(24)18-14-7-9-23(20-14)12(2)3/h7,9,11-13H,4-6,8,10H2,1-3H3,(H,18,20,24). The van der Waals surface area contributed by atoms with Gasteiger partial charge in [0.25, 0.3) is 0 Å². The Morgan fingerprint density at radius 1 is 1.46 bits per heavy atom. The number of rotatable bonds is 4. The first-order chi connectivity index (χ1) is 11.6. The van der Waals surface area contributed by atoms with Gasteiger partial charge < -0.3 is 9.47 Å². The summed E-state index contributed by atoms with van der Waals surface area (Å²) < 4.78 is 3.88. The maximum absolute atomic E-state index is 12.5. The molecule has 1 aliphatic heterocycles. The lowest BCUT2D eigenvalue weighted by molar-refractivity contribution is 0.190. The topological polar surface area (TPSA) is 80.9 Å². The normalized spacial score (nSPS) is 18.2. The van der Waals surface area contributed by atoms with E-state index in [0.717, 1.165) is 31.8 Å². The zero-order chi connectivity index (χ0) is 17.1. The van der Waals surface area contributed by atoms with Crippen molar-refractivity contribution in [1.82, 2.24) is 29.4 Å². The van der Waals surface area contributed by atoms with E-state index in [2.05, 4.69) is 46.0 Å². The lowest BCUT2D eigenvalue weighted by Crippen LogP contribution is -2.42. The lowest BCUT2D eigenvalue weighted by Gasteiger charge is -2.32. The van der Waals surface area contributed by atoms with Crippen LogP contribution in [0.3, 0.4) is 0 Å². The van der Waals surface area contributed by atoms with Crippen LogP contribution in [0.15, 0.2) is 18.6 Å². The molecule has 0 saturated carbocycles. The van der Waals surface area contributed by atoms with Crippen molar-refractivity contribution >= 4 is 11.8 Å². The molecule has 1 N–H and O–H groups in total. The molecule has 8 heteroatoms. The Morgan fingerprint density at radius 2 is 2.29 bits per heavy atom. The van der Waals surface area contributed by atoms with Gasteiger partial charge in [0.15, 0.2) is 5.82 Å². The van der Waals surface area contributed by atoms with Crippen LogP contribution in [0.2, 0.25) is 0 Å². The van der Waals surface area contributed by atoms with Gasteiger partial charge in [0.1, 0.15) is 12.2 Å². The van der Waals surface area contributed by atoms with Crippen molar-refractivity contribution in [2.24, 2.45) is 0 Å². The maximum Gasteiger partial charge on any atom is 0.323 e. The van der Waals surface area contributed by atoms with E-state index in [0.29, 0.717) is 12.4 Å². The Morgan fingerprint density at radius 3 is 3.00 bits per heavy atom. The summed E-state index contributed by atoms with van der Waals surface area (Å²) in [5, 5.41) is 15.5. The number of carbonyl (C=O) groups is 1. The van der Waals surface area contributed by atoms with Crippen molar-refractivity contribution in [3.05, 3.63) is 24.4 Å². The van der Waals surface area contributed by atoms with Gasteiger partial charge in [-0.3, -0.25) is 10.00 Å². The Labute approximate surface area is 141 Å². The third-order valence-corrected chi connectivity index (χ3v) is 4.43. The number of carbonyl (C=O) groups excluding carboxylic acids is 1. The highest BCUT2D eigenvalue weighted by atomic mass is 16.2. The first kappa shape index (κ1) is 16.5. The van der Waals surface area contributed by atoms with Crippen molar-refractivity contribution in [2.75, 3.05) is 18.4 Å². The number of aryl methyl sites for hydroxylation is 1.